The van der Waals surface area contributed by atoms with Crippen LogP contribution in [0.25, 0.3) is 11.3 Å². The molecule has 24 heavy (non-hydrogen) atoms. The van der Waals surface area contributed by atoms with E-state index >= 15 is 0 Å². The molecule has 2 rings (SSSR count). The summed E-state index contributed by atoms with van der Waals surface area (Å²) in [7, 11) is 0. The minimum Gasteiger partial charge on any atom is -0.455 e. The third-order valence-corrected chi connectivity index (χ3v) is 3.90. The number of nitrogens with zero attached hydrogens (tertiary/aromatic N) is 1. The van der Waals surface area contributed by atoms with Crippen LogP contribution in [-0.2, 0) is 4.79 Å². The van der Waals surface area contributed by atoms with Gasteiger partial charge in [-0.1, -0.05) is 44.2 Å². The van der Waals surface area contributed by atoms with Crippen molar-refractivity contribution >= 4 is 23.7 Å². The van der Waals surface area contributed by atoms with Gasteiger partial charge >= 0.3 is 0 Å². The molecule has 0 saturated heterocycles. The number of rotatable bonds is 9. The average Bonchev–Trinajstić information content (AvgIpc) is 3.04. The number of unbranched alkanes of at least 4 members (excludes halogenated alkanes) is 4. The zero-order valence-electron chi connectivity index (χ0n) is 13.9. The molecule has 0 aliphatic heterocycles. The zero-order chi connectivity index (χ0) is 17.2. The van der Waals surface area contributed by atoms with Crippen LogP contribution < -0.4 is 5.43 Å². The number of nitrogens with one attached hydrogen (secondary N) is 1. The molecule has 4 nitrogen and oxygen atoms in total. The fourth-order valence-electron chi connectivity index (χ4n) is 2.30. The maximum Gasteiger partial charge on any atom is 0.240 e. The summed E-state index contributed by atoms with van der Waals surface area (Å²) in [6.45, 7) is 2.18. The first kappa shape index (κ1) is 18.3. The highest BCUT2D eigenvalue weighted by molar-refractivity contribution is 6.30. The molecule has 0 aliphatic rings. The van der Waals surface area contributed by atoms with Gasteiger partial charge in [0, 0.05) is 17.0 Å². The number of carbonyl (C=O) groups is 1. The van der Waals surface area contributed by atoms with Gasteiger partial charge in [0.25, 0.3) is 0 Å². The van der Waals surface area contributed by atoms with Gasteiger partial charge in [-0.3, -0.25) is 4.79 Å². The number of benzene rings is 1. The molecule has 0 atom stereocenters. The third-order valence-electron chi connectivity index (χ3n) is 3.64. The van der Waals surface area contributed by atoms with Gasteiger partial charge in [-0.25, -0.2) is 5.43 Å². The molecule has 1 N–H and O–H groups in total. The lowest BCUT2D eigenvalue weighted by atomic mass is 10.1. The molecule has 0 unspecified atom stereocenters. The summed E-state index contributed by atoms with van der Waals surface area (Å²) in [5, 5.41) is 4.62. The SMILES string of the molecule is CCCCCCCC(=O)NN=Cc1ccc(-c2ccc(Cl)cc2)o1. The molecule has 0 spiro atoms. The topological polar surface area (TPSA) is 54.6 Å². The van der Waals surface area contributed by atoms with Crippen LogP contribution in [-0.4, -0.2) is 12.1 Å². The summed E-state index contributed by atoms with van der Waals surface area (Å²) in [6, 6.07) is 11.1. The maximum atomic E-state index is 11.7. The molecule has 2 aromatic rings. The van der Waals surface area contributed by atoms with Gasteiger partial charge < -0.3 is 4.42 Å². The Kier molecular flexibility index (Phi) is 7.56. The third kappa shape index (κ3) is 6.20. The number of carbonyl (C=O) groups excluding carboxylic acids is 1. The fourth-order valence-corrected chi connectivity index (χ4v) is 2.43. The molecule has 0 aliphatic carbocycles. The van der Waals surface area contributed by atoms with Crippen molar-refractivity contribution in [1.82, 2.24) is 5.43 Å². The molecule has 1 aromatic carbocycles. The summed E-state index contributed by atoms with van der Waals surface area (Å²) >= 11 is 5.87. The van der Waals surface area contributed by atoms with E-state index in [1.54, 1.807) is 0 Å². The van der Waals surface area contributed by atoms with Crippen molar-refractivity contribution < 1.29 is 9.21 Å². The number of furan rings is 1. The van der Waals surface area contributed by atoms with Crippen LogP contribution in [0.2, 0.25) is 5.02 Å². The van der Waals surface area contributed by atoms with Crippen molar-refractivity contribution in [2.45, 2.75) is 45.4 Å². The van der Waals surface area contributed by atoms with E-state index in [2.05, 4.69) is 17.5 Å². The van der Waals surface area contributed by atoms with Crippen molar-refractivity contribution in [2.75, 3.05) is 0 Å². The number of hydrogen-bond donors (Lipinski definition) is 1. The van der Waals surface area contributed by atoms with Crippen LogP contribution in [0.1, 0.15) is 51.2 Å². The van der Waals surface area contributed by atoms with E-state index in [-0.39, 0.29) is 5.91 Å². The Morgan fingerprint density at radius 3 is 2.62 bits per heavy atom. The quantitative estimate of drug-likeness (QED) is 0.375. The van der Waals surface area contributed by atoms with Crippen LogP contribution >= 0.6 is 11.6 Å². The molecular formula is C19H23ClN2O2. The maximum absolute atomic E-state index is 11.7. The molecular weight excluding hydrogens is 324 g/mol. The number of halogens is 1. The molecule has 1 amide bonds. The lowest BCUT2D eigenvalue weighted by molar-refractivity contribution is -0.121. The van der Waals surface area contributed by atoms with Crippen LogP contribution in [0, 0.1) is 0 Å². The van der Waals surface area contributed by atoms with Crippen molar-refractivity contribution in [1.29, 1.82) is 0 Å². The summed E-state index contributed by atoms with van der Waals surface area (Å²) in [6.07, 6.45) is 7.64. The van der Waals surface area contributed by atoms with Gasteiger partial charge in [0.1, 0.15) is 11.5 Å². The fraction of sp³-hybridized carbons (Fsp3) is 0.368. The predicted molar refractivity (Wildman–Crippen MR) is 98.3 cm³/mol. The molecule has 128 valence electrons. The molecule has 1 aromatic heterocycles. The van der Waals surface area contributed by atoms with Crippen LogP contribution in [0.15, 0.2) is 45.9 Å². The van der Waals surface area contributed by atoms with Crippen molar-refractivity contribution in [2.24, 2.45) is 5.10 Å². The molecule has 1 heterocycles. The highest BCUT2D eigenvalue weighted by atomic mass is 35.5. The lowest BCUT2D eigenvalue weighted by Crippen LogP contribution is -2.16. The second-order valence-corrected chi connectivity index (χ2v) is 6.10. The van der Waals surface area contributed by atoms with E-state index in [9.17, 15) is 4.79 Å². The summed E-state index contributed by atoms with van der Waals surface area (Å²) in [5.41, 5.74) is 3.47. The van der Waals surface area contributed by atoms with Crippen molar-refractivity contribution in [3.8, 4) is 11.3 Å². The largest absolute Gasteiger partial charge is 0.455 e. The van der Waals surface area contributed by atoms with E-state index in [0.717, 1.165) is 24.2 Å². The van der Waals surface area contributed by atoms with E-state index in [0.29, 0.717) is 17.2 Å². The monoisotopic (exact) mass is 346 g/mol. The first-order chi connectivity index (χ1) is 11.7. The number of amides is 1. The summed E-state index contributed by atoms with van der Waals surface area (Å²) in [5.74, 6) is 1.26. The first-order valence-electron chi connectivity index (χ1n) is 8.36. The van der Waals surface area contributed by atoms with E-state index < -0.39 is 0 Å². The van der Waals surface area contributed by atoms with Crippen LogP contribution in [0.3, 0.4) is 0 Å². The van der Waals surface area contributed by atoms with Gasteiger partial charge in [0.15, 0.2) is 0 Å². The predicted octanol–water partition coefficient (Wildman–Crippen LogP) is 5.41. The Bertz CT molecular complexity index is 662. The zero-order valence-corrected chi connectivity index (χ0v) is 14.7. The molecule has 0 fully saturated rings. The minimum absolute atomic E-state index is 0.0628. The van der Waals surface area contributed by atoms with Crippen LogP contribution in [0.4, 0.5) is 0 Å². The summed E-state index contributed by atoms with van der Waals surface area (Å²) in [4.78, 5) is 11.7. The Morgan fingerprint density at radius 1 is 1.12 bits per heavy atom. The standard InChI is InChI=1S/C19H23ClN2O2/c1-2-3-4-5-6-7-19(23)22-21-14-17-12-13-18(24-17)15-8-10-16(20)11-9-15/h8-14H,2-7H2,1H3,(H,22,23). The van der Waals surface area contributed by atoms with Gasteiger partial charge in [0.2, 0.25) is 5.91 Å². The number of hydrogen-bond acceptors (Lipinski definition) is 3. The van der Waals surface area contributed by atoms with E-state index in [4.69, 9.17) is 16.0 Å². The van der Waals surface area contributed by atoms with Gasteiger partial charge in [-0.05, 0) is 42.8 Å². The molecule has 0 bridgehead atoms. The molecule has 0 saturated carbocycles. The Labute approximate surface area is 147 Å². The van der Waals surface area contributed by atoms with E-state index in [1.165, 1.54) is 25.5 Å². The highest BCUT2D eigenvalue weighted by Crippen LogP contribution is 2.23. The minimum atomic E-state index is -0.0628. The second kappa shape index (κ2) is 9.93. The average molecular weight is 347 g/mol. The lowest BCUT2D eigenvalue weighted by Gasteiger charge is -1.99. The van der Waals surface area contributed by atoms with Gasteiger partial charge in [-0.2, -0.15) is 5.10 Å². The van der Waals surface area contributed by atoms with E-state index in [1.807, 2.05) is 36.4 Å². The molecule has 0 radical (unpaired) electrons. The second-order valence-electron chi connectivity index (χ2n) is 5.67. The van der Waals surface area contributed by atoms with Crippen LogP contribution in [0.5, 0.6) is 0 Å². The number of hydrazone groups is 1. The smallest absolute Gasteiger partial charge is 0.240 e. The Balaban J connectivity index is 1.76. The summed E-state index contributed by atoms with van der Waals surface area (Å²) < 4.78 is 5.67. The van der Waals surface area contributed by atoms with Gasteiger partial charge in [-0.15, -0.1) is 0 Å². The molecule has 5 heteroatoms. The van der Waals surface area contributed by atoms with Crippen molar-refractivity contribution in [3.63, 3.8) is 0 Å². The first-order valence-corrected chi connectivity index (χ1v) is 8.74. The normalized spacial score (nSPS) is 11.1. The highest BCUT2D eigenvalue weighted by Gasteiger charge is 2.04. The Hall–Kier alpha value is -2.07. The van der Waals surface area contributed by atoms with Gasteiger partial charge in [0.05, 0.1) is 6.21 Å². The Morgan fingerprint density at radius 2 is 1.88 bits per heavy atom. The van der Waals surface area contributed by atoms with Crippen molar-refractivity contribution in [3.05, 3.63) is 47.2 Å².